The fourth-order valence-corrected chi connectivity index (χ4v) is 1.87. The molecule has 19 heavy (non-hydrogen) atoms. The highest BCUT2D eigenvalue weighted by atomic mass is 79.9. The number of carbonyl (C=O) groups is 1. The zero-order chi connectivity index (χ0) is 14.0. The minimum absolute atomic E-state index is 0.0465. The third-order valence-electron chi connectivity index (χ3n) is 2.42. The summed E-state index contributed by atoms with van der Waals surface area (Å²) in [4.78, 5) is 11.3. The third kappa shape index (κ3) is 2.85. The van der Waals surface area contributed by atoms with Crippen molar-refractivity contribution in [2.75, 3.05) is 5.73 Å². The molecule has 0 bridgehead atoms. The minimum atomic E-state index is -0.697. The number of halogens is 2. The Kier molecular flexibility index (Phi) is 3.71. The van der Waals surface area contributed by atoms with E-state index in [1.807, 2.05) is 0 Å². The summed E-state index contributed by atoms with van der Waals surface area (Å²) in [6, 6.07) is 8.78. The van der Waals surface area contributed by atoms with Crippen LogP contribution in [0.5, 0.6) is 11.5 Å². The summed E-state index contributed by atoms with van der Waals surface area (Å²) >= 11 is 3.21. The molecule has 0 aliphatic heterocycles. The molecule has 98 valence electrons. The number of rotatable bonds is 3. The van der Waals surface area contributed by atoms with E-state index < -0.39 is 11.7 Å². The van der Waals surface area contributed by atoms with Crippen molar-refractivity contribution in [1.29, 1.82) is 0 Å². The number of hydrogen-bond acceptors (Lipinski definition) is 3. The Balaban J connectivity index is 2.49. The average Bonchev–Trinajstić information content (AvgIpc) is 2.35. The van der Waals surface area contributed by atoms with Crippen LogP contribution in [-0.4, -0.2) is 5.91 Å². The maximum atomic E-state index is 13.6. The van der Waals surface area contributed by atoms with Crippen LogP contribution in [0.1, 0.15) is 10.4 Å². The lowest BCUT2D eigenvalue weighted by Gasteiger charge is -2.12. The first-order valence-corrected chi connectivity index (χ1v) is 6.09. The highest BCUT2D eigenvalue weighted by Gasteiger charge is 2.15. The zero-order valence-electron chi connectivity index (χ0n) is 9.69. The summed E-state index contributed by atoms with van der Waals surface area (Å²) in [5, 5.41) is 0. The first kappa shape index (κ1) is 13.4. The van der Waals surface area contributed by atoms with Crippen molar-refractivity contribution >= 4 is 27.5 Å². The highest BCUT2D eigenvalue weighted by molar-refractivity contribution is 9.10. The van der Waals surface area contributed by atoms with Gasteiger partial charge in [0.05, 0.1) is 11.3 Å². The van der Waals surface area contributed by atoms with Crippen LogP contribution in [0.3, 0.4) is 0 Å². The molecule has 1 amide bonds. The first-order valence-electron chi connectivity index (χ1n) is 5.30. The van der Waals surface area contributed by atoms with Crippen LogP contribution in [0.15, 0.2) is 40.9 Å². The van der Waals surface area contributed by atoms with Crippen molar-refractivity contribution in [3.63, 3.8) is 0 Å². The van der Waals surface area contributed by atoms with E-state index in [0.29, 0.717) is 4.47 Å². The Morgan fingerprint density at radius 1 is 1.26 bits per heavy atom. The van der Waals surface area contributed by atoms with Gasteiger partial charge in [-0.3, -0.25) is 4.79 Å². The van der Waals surface area contributed by atoms with E-state index in [1.54, 1.807) is 6.07 Å². The monoisotopic (exact) mass is 324 g/mol. The molecule has 0 saturated heterocycles. The van der Waals surface area contributed by atoms with E-state index in [1.165, 1.54) is 30.3 Å². The number of nitrogen functional groups attached to an aromatic ring is 1. The van der Waals surface area contributed by atoms with Crippen molar-refractivity contribution < 1.29 is 13.9 Å². The molecule has 0 heterocycles. The maximum absolute atomic E-state index is 13.6. The first-order chi connectivity index (χ1) is 8.99. The number of anilines is 1. The molecule has 0 fully saturated rings. The van der Waals surface area contributed by atoms with Gasteiger partial charge in [-0.15, -0.1) is 0 Å². The molecule has 0 atom stereocenters. The van der Waals surface area contributed by atoms with Crippen LogP contribution in [-0.2, 0) is 0 Å². The zero-order valence-corrected chi connectivity index (χ0v) is 11.3. The SMILES string of the molecule is NC(=O)c1cccc(N)c1Oc1cc(Br)ccc1F. The largest absolute Gasteiger partial charge is 0.451 e. The van der Waals surface area contributed by atoms with Crippen LogP contribution in [0.25, 0.3) is 0 Å². The summed E-state index contributed by atoms with van der Waals surface area (Å²) in [6.07, 6.45) is 0. The number of carbonyl (C=O) groups excluding carboxylic acids is 1. The number of primary amides is 1. The maximum Gasteiger partial charge on any atom is 0.252 e. The van der Waals surface area contributed by atoms with Gasteiger partial charge in [0.1, 0.15) is 0 Å². The van der Waals surface area contributed by atoms with Gasteiger partial charge in [0.25, 0.3) is 5.91 Å². The normalized spacial score (nSPS) is 10.2. The molecular weight excluding hydrogens is 315 g/mol. The van der Waals surface area contributed by atoms with Gasteiger partial charge in [-0.05, 0) is 30.3 Å². The van der Waals surface area contributed by atoms with E-state index in [4.69, 9.17) is 16.2 Å². The molecule has 0 aromatic heterocycles. The van der Waals surface area contributed by atoms with Gasteiger partial charge in [0, 0.05) is 4.47 Å². The second kappa shape index (κ2) is 5.27. The molecule has 2 rings (SSSR count). The molecule has 4 nitrogen and oxygen atoms in total. The summed E-state index contributed by atoms with van der Waals surface area (Å²) in [5.41, 5.74) is 11.3. The highest BCUT2D eigenvalue weighted by Crippen LogP contribution is 2.33. The minimum Gasteiger partial charge on any atom is -0.451 e. The van der Waals surface area contributed by atoms with Crippen molar-refractivity contribution in [3.05, 3.63) is 52.3 Å². The summed E-state index contributed by atoms with van der Waals surface area (Å²) in [6.45, 7) is 0. The van der Waals surface area contributed by atoms with Crippen LogP contribution in [0.4, 0.5) is 10.1 Å². The van der Waals surface area contributed by atoms with E-state index in [2.05, 4.69) is 15.9 Å². The average molecular weight is 325 g/mol. The molecule has 0 aliphatic carbocycles. The summed E-state index contributed by atoms with van der Waals surface area (Å²) in [7, 11) is 0. The predicted molar refractivity (Wildman–Crippen MR) is 73.5 cm³/mol. The van der Waals surface area contributed by atoms with Crippen molar-refractivity contribution in [2.45, 2.75) is 0 Å². The van der Waals surface area contributed by atoms with Crippen molar-refractivity contribution in [2.24, 2.45) is 5.73 Å². The number of nitrogens with two attached hydrogens (primary N) is 2. The second-order valence-electron chi connectivity index (χ2n) is 3.76. The Hall–Kier alpha value is -2.08. The second-order valence-corrected chi connectivity index (χ2v) is 4.68. The molecule has 0 saturated carbocycles. The fourth-order valence-electron chi connectivity index (χ4n) is 1.53. The molecule has 0 unspecified atom stereocenters. The van der Waals surface area contributed by atoms with Crippen LogP contribution >= 0.6 is 15.9 Å². The predicted octanol–water partition coefficient (Wildman–Crippen LogP) is 3.06. The lowest BCUT2D eigenvalue weighted by molar-refractivity contribution is 0.0998. The lowest BCUT2D eigenvalue weighted by atomic mass is 10.1. The Morgan fingerprint density at radius 3 is 2.68 bits per heavy atom. The molecule has 4 N–H and O–H groups in total. The summed E-state index contributed by atoms with van der Waals surface area (Å²) in [5.74, 6) is -1.26. The van der Waals surface area contributed by atoms with E-state index >= 15 is 0 Å². The van der Waals surface area contributed by atoms with Crippen molar-refractivity contribution in [1.82, 2.24) is 0 Å². The number of hydrogen-bond donors (Lipinski definition) is 2. The van der Waals surface area contributed by atoms with Crippen molar-refractivity contribution in [3.8, 4) is 11.5 Å². The third-order valence-corrected chi connectivity index (χ3v) is 2.91. The van der Waals surface area contributed by atoms with E-state index in [-0.39, 0.29) is 22.7 Å². The lowest BCUT2D eigenvalue weighted by Crippen LogP contribution is -2.13. The fraction of sp³-hybridized carbons (Fsp3) is 0. The molecule has 0 radical (unpaired) electrons. The number of benzene rings is 2. The van der Waals surface area contributed by atoms with Gasteiger partial charge >= 0.3 is 0 Å². The topological polar surface area (TPSA) is 78.3 Å². The quantitative estimate of drug-likeness (QED) is 0.851. The van der Waals surface area contributed by atoms with E-state index in [9.17, 15) is 9.18 Å². The smallest absolute Gasteiger partial charge is 0.252 e. The molecule has 0 spiro atoms. The van der Waals surface area contributed by atoms with Gasteiger partial charge in [0.2, 0.25) is 0 Å². The molecule has 6 heteroatoms. The molecule has 2 aromatic rings. The van der Waals surface area contributed by atoms with Crippen LogP contribution in [0, 0.1) is 5.82 Å². The van der Waals surface area contributed by atoms with Gasteiger partial charge < -0.3 is 16.2 Å². The Morgan fingerprint density at radius 2 is 2.00 bits per heavy atom. The van der Waals surface area contributed by atoms with Gasteiger partial charge in [-0.25, -0.2) is 4.39 Å². The Labute approximate surface area is 117 Å². The molecule has 0 aliphatic rings. The van der Waals surface area contributed by atoms with Crippen LogP contribution in [0.2, 0.25) is 0 Å². The molecular formula is C13H10BrFN2O2. The summed E-state index contributed by atoms with van der Waals surface area (Å²) < 4.78 is 19.6. The Bertz CT molecular complexity index is 647. The number of ether oxygens (including phenoxy) is 1. The number of para-hydroxylation sites is 1. The number of amides is 1. The van der Waals surface area contributed by atoms with Gasteiger partial charge in [-0.2, -0.15) is 0 Å². The van der Waals surface area contributed by atoms with Crippen LogP contribution < -0.4 is 16.2 Å². The van der Waals surface area contributed by atoms with Gasteiger partial charge in [0.15, 0.2) is 17.3 Å². The van der Waals surface area contributed by atoms with Gasteiger partial charge in [-0.1, -0.05) is 22.0 Å². The standard InChI is InChI=1S/C13H10BrFN2O2/c14-7-4-5-9(15)11(6-7)19-12-8(13(17)18)2-1-3-10(12)16/h1-6H,16H2,(H2,17,18). The molecule has 2 aromatic carbocycles. The van der Waals surface area contributed by atoms with E-state index in [0.717, 1.165) is 0 Å².